The quantitative estimate of drug-likeness (QED) is 0.855. The summed E-state index contributed by atoms with van der Waals surface area (Å²) in [7, 11) is 4.13. The molecule has 1 atom stereocenters. The second-order valence-corrected chi connectivity index (χ2v) is 5.76. The zero-order valence-corrected chi connectivity index (χ0v) is 13.6. The molecule has 0 amide bonds. The van der Waals surface area contributed by atoms with Gasteiger partial charge < -0.3 is 10.2 Å². The third-order valence-corrected chi connectivity index (χ3v) is 3.95. The first-order valence-electron chi connectivity index (χ1n) is 7.68. The highest BCUT2D eigenvalue weighted by Gasteiger charge is 2.05. The van der Waals surface area contributed by atoms with Gasteiger partial charge in [-0.25, -0.2) is 0 Å². The minimum atomic E-state index is 0.354. The first kappa shape index (κ1) is 15.6. The molecule has 112 valence electrons. The van der Waals surface area contributed by atoms with Gasteiger partial charge in [0.05, 0.1) is 0 Å². The Morgan fingerprint density at radius 1 is 0.905 bits per heavy atom. The third-order valence-electron chi connectivity index (χ3n) is 3.95. The van der Waals surface area contributed by atoms with Crippen molar-refractivity contribution >= 4 is 5.69 Å². The van der Waals surface area contributed by atoms with Gasteiger partial charge in [-0.05, 0) is 42.2 Å². The van der Waals surface area contributed by atoms with Crippen molar-refractivity contribution in [3.63, 3.8) is 0 Å². The SMILES string of the molecule is CCc1ccc(CNC(C)c2ccc(N(C)C)cc2)cc1. The van der Waals surface area contributed by atoms with Crippen LogP contribution in [0.15, 0.2) is 48.5 Å². The van der Waals surface area contributed by atoms with Crippen molar-refractivity contribution in [3.8, 4) is 0 Å². The van der Waals surface area contributed by atoms with Gasteiger partial charge in [-0.15, -0.1) is 0 Å². The van der Waals surface area contributed by atoms with Crippen molar-refractivity contribution < 1.29 is 0 Å². The third kappa shape index (κ3) is 4.33. The molecule has 0 saturated carbocycles. The summed E-state index contributed by atoms with van der Waals surface area (Å²) in [6, 6.07) is 18.0. The summed E-state index contributed by atoms with van der Waals surface area (Å²) in [5.41, 5.74) is 5.29. The van der Waals surface area contributed by atoms with Gasteiger partial charge in [0.15, 0.2) is 0 Å². The van der Waals surface area contributed by atoms with E-state index in [9.17, 15) is 0 Å². The Labute approximate surface area is 128 Å². The van der Waals surface area contributed by atoms with E-state index in [-0.39, 0.29) is 0 Å². The molecule has 2 aromatic carbocycles. The Hall–Kier alpha value is -1.80. The lowest BCUT2D eigenvalue weighted by Crippen LogP contribution is -2.18. The molecule has 0 spiro atoms. The number of nitrogens with one attached hydrogen (secondary N) is 1. The Balaban J connectivity index is 1.92. The maximum Gasteiger partial charge on any atom is 0.0361 e. The Bertz CT molecular complexity index is 541. The van der Waals surface area contributed by atoms with Crippen molar-refractivity contribution in [2.24, 2.45) is 0 Å². The van der Waals surface area contributed by atoms with E-state index in [0.29, 0.717) is 6.04 Å². The first-order chi connectivity index (χ1) is 10.1. The molecule has 21 heavy (non-hydrogen) atoms. The van der Waals surface area contributed by atoms with Crippen LogP contribution in [0.4, 0.5) is 5.69 Å². The minimum Gasteiger partial charge on any atom is -0.378 e. The van der Waals surface area contributed by atoms with E-state index >= 15 is 0 Å². The van der Waals surface area contributed by atoms with Crippen LogP contribution in [0.5, 0.6) is 0 Å². The molecule has 1 unspecified atom stereocenters. The highest BCUT2D eigenvalue weighted by molar-refractivity contribution is 5.46. The molecule has 0 aliphatic carbocycles. The molecule has 0 heterocycles. The summed E-state index contributed by atoms with van der Waals surface area (Å²) in [5, 5.41) is 3.59. The summed E-state index contributed by atoms with van der Waals surface area (Å²) in [6.45, 7) is 5.30. The molecular formula is C19H26N2. The summed E-state index contributed by atoms with van der Waals surface area (Å²) < 4.78 is 0. The summed E-state index contributed by atoms with van der Waals surface area (Å²) >= 11 is 0. The maximum absolute atomic E-state index is 3.59. The number of hydrogen-bond donors (Lipinski definition) is 1. The van der Waals surface area contributed by atoms with Crippen LogP contribution in [0, 0.1) is 0 Å². The standard InChI is InChI=1S/C19H26N2/c1-5-16-6-8-17(9-7-16)14-20-15(2)18-10-12-19(13-11-18)21(3)4/h6-13,15,20H,5,14H2,1-4H3. The summed E-state index contributed by atoms with van der Waals surface area (Å²) in [5.74, 6) is 0. The monoisotopic (exact) mass is 282 g/mol. The van der Waals surface area contributed by atoms with Crippen LogP contribution in [0.1, 0.15) is 36.6 Å². The Morgan fingerprint density at radius 2 is 1.48 bits per heavy atom. The van der Waals surface area contributed by atoms with E-state index in [1.807, 2.05) is 0 Å². The predicted molar refractivity (Wildman–Crippen MR) is 91.8 cm³/mol. The van der Waals surface area contributed by atoms with E-state index in [0.717, 1.165) is 13.0 Å². The van der Waals surface area contributed by atoms with E-state index in [2.05, 4.69) is 86.7 Å². The van der Waals surface area contributed by atoms with Gasteiger partial charge in [-0.1, -0.05) is 43.3 Å². The van der Waals surface area contributed by atoms with E-state index in [1.165, 1.54) is 22.4 Å². The fourth-order valence-electron chi connectivity index (χ4n) is 2.34. The van der Waals surface area contributed by atoms with Gasteiger partial charge >= 0.3 is 0 Å². The molecule has 2 aromatic rings. The van der Waals surface area contributed by atoms with Crippen LogP contribution in [0.2, 0.25) is 0 Å². The largest absolute Gasteiger partial charge is 0.378 e. The van der Waals surface area contributed by atoms with Crippen LogP contribution in [0.25, 0.3) is 0 Å². The second-order valence-electron chi connectivity index (χ2n) is 5.76. The highest BCUT2D eigenvalue weighted by Crippen LogP contribution is 2.18. The fourth-order valence-corrected chi connectivity index (χ4v) is 2.34. The van der Waals surface area contributed by atoms with Gasteiger partial charge in [0.2, 0.25) is 0 Å². The predicted octanol–water partition coefficient (Wildman–Crippen LogP) is 4.17. The average Bonchev–Trinajstić information content (AvgIpc) is 2.53. The van der Waals surface area contributed by atoms with Crippen LogP contribution >= 0.6 is 0 Å². The smallest absolute Gasteiger partial charge is 0.0361 e. The average molecular weight is 282 g/mol. The number of nitrogens with zero attached hydrogens (tertiary/aromatic N) is 1. The lowest BCUT2D eigenvalue weighted by molar-refractivity contribution is 0.574. The van der Waals surface area contributed by atoms with E-state index < -0.39 is 0 Å². The zero-order chi connectivity index (χ0) is 15.2. The van der Waals surface area contributed by atoms with Crippen molar-refractivity contribution in [1.29, 1.82) is 0 Å². The van der Waals surface area contributed by atoms with Crippen LogP contribution < -0.4 is 10.2 Å². The topological polar surface area (TPSA) is 15.3 Å². The highest BCUT2D eigenvalue weighted by atomic mass is 15.1. The molecule has 0 aliphatic rings. The maximum atomic E-state index is 3.59. The van der Waals surface area contributed by atoms with Crippen molar-refractivity contribution in [3.05, 3.63) is 65.2 Å². The van der Waals surface area contributed by atoms with Crippen LogP contribution in [-0.4, -0.2) is 14.1 Å². The molecule has 2 rings (SSSR count). The van der Waals surface area contributed by atoms with Crippen molar-refractivity contribution in [2.45, 2.75) is 32.9 Å². The fraction of sp³-hybridized carbons (Fsp3) is 0.368. The number of hydrogen-bond acceptors (Lipinski definition) is 2. The Kier molecular flexibility index (Phi) is 5.40. The number of aryl methyl sites for hydroxylation is 1. The number of anilines is 1. The van der Waals surface area contributed by atoms with Gasteiger partial charge in [-0.2, -0.15) is 0 Å². The zero-order valence-electron chi connectivity index (χ0n) is 13.6. The molecule has 2 nitrogen and oxygen atoms in total. The van der Waals surface area contributed by atoms with Crippen molar-refractivity contribution in [2.75, 3.05) is 19.0 Å². The molecular weight excluding hydrogens is 256 g/mol. The van der Waals surface area contributed by atoms with Crippen molar-refractivity contribution in [1.82, 2.24) is 5.32 Å². The lowest BCUT2D eigenvalue weighted by atomic mass is 10.1. The Morgan fingerprint density at radius 3 is 2.00 bits per heavy atom. The van der Waals surface area contributed by atoms with Crippen LogP contribution in [0.3, 0.4) is 0 Å². The van der Waals surface area contributed by atoms with E-state index in [1.54, 1.807) is 0 Å². The van der Waals surface area contributed by atoms with Gasteiger partial charge in [-0.3, -0.25) is 0 Å². The van der Waals surface area contributed by atoms with E-state index in [4.69, 9.17) is 0 Å². The van der Waals surface area contributed by atoms with Gasteiger partial charge in [0.1, 0.15) is 0 Å². The number of rotatable bonds is 6. The summed E-state index contributed by atoms with van der Waals surface area (Å²) in [4.78, 5) is 2.12. The lowest BCUT2D eigenvalue weighted by Gasteiger charge is -2.17. The van der Waals surface area contributed by atoms with Gasteiger partial charge in [0, 0.05) is 32.4 Å². The minimum absolute atomic E-state index is 0.354. The molecule has 2 heteroatoms. The molecule has 0 bridgehead atoms. The first-order valence-corrected chi connectivity index (χ1v) is 7.68. The molecule has 0 saturated heterocycles. The molecule has 0 aliphatic heterocycles. The second kappa shape index (κ2) is 7.28. The molecule has 1 N–H and O–H groups in total. The normalized spacial score (nSPS) is 12.2. The number of benzene rings is 2. The van der Waals surface area contributed by atoms with Gasteiger partial charge in [0.25, 0.3) is 0 Å². The summed E-state index contributed by atoms with van der Waals surface area (Å²) in [6.07, 6.45) is 1.10. The molecule has 0 radical (unpaired) electrons. The molecule has 0 fully saturated rings. The van der Waals surface area contributed by atoms with Crippen LogP contribution in [-0.2, 0) is 13.0 Å². The molecule has 0 aromatic heterocycles.